The van der Waals surface area contributed by atoms with E-state index in [1.807, 2.05) is 13.2 Å². The van der Waals surface area contributed by atoms with Crippen LogP contribution in [0, 0.1) is 0 Å². The van der Waals surface area contributed by atoms with E-state index in [4.69, 9.17) is 33.7 Å². The maximum Gasteiger partial charge on any atom is 0.180 e. The van der Waals surface area contributed by atoms with Crippen LogP contribution in [0.1, 0.15) is 18.9 Å². The number of amidine groups is 1. The van der Waals surface area contributed by atoms with Crippen molar-refractivity contribution in [1.29, 1.82) is 0 Å². The molecular weight excluding hydrogens is 305 g/mol. The maximum atomic E-state index is 6.10. The summed E-state index contributed by atoms with van der Waals surface area (Å²) in [4.78, 5) is 0. The molecule has 1 aromatic carbocycles. The summed E-state index contributed by atoms with van der Waals surface area (Å²) in [6, 6.07) is 3.43. The van der Waals surface area contributed by atoms with Gasteiger partial charge >= 0.3 is 0 Å². The lowest BCUT2D eigenvalue weighted by molar-refractivity contribution is 0.318. The van der Waals surface area contributed by atoms with Gasteiger partial charge in [-0.3, -0.25) is 0 Å². The van der Waals surface area contributed by atoms with E-state index in [1.54, 1.807) is 12.1 Å². The molecule has 0 unspecified atom stereocenters. The average Bonchev–Trinajstić information content (AvgIpc) is 2.37. The van der Waals surface area contributed by atoms with Crippen LogP contribution in [0.2, 0.25) is 10.0 Å². The first-order valence-electron chi connectivity index (χ1n) is 5.60. The Labute approximate surface area is 127 Å². The molecule has 2 N–H and O–H groups in total. The summed E-state index contributed by atoms with van der Waals surface area (Å²) in [7, 11) is 0. The van der Waals surface area contributed by atoms with Crippen molar-refractivity contribution in [2.24, 2.45) is 15.9 Å². The van der Waals surface area contributed by atoms with Gasteiger partial charge in [0.2, 0.25) is 0 Å². The number of hydrogen-bond donors (Lipinski definition) is 1. The van der Waals surface area contributed by atoms with Gasteiger partial charge < -0.3 is 10.5 Å². The Hall–Kier alpha value is -0.910. The molecule has 104 valence electrons. The molecule has 0 fully saturated rings. The van der Waals surface area contributed by atoms with Crippen molar-refractivity contribution in [2.75, 3.05) is 12.9 Å². The van der Waals surface area contributed by atoms with Crippen molar-refractivity contribution >= 4 is 46.3 Å². The van der Waals surface area contributed by atoms with Crippen molar-refractivity contribution in [1.82, 2.24) is 0 Å². The maximum absolute atomic E-state index is 6.10. The lowest BCUT2D eigenvalue weighted by Crippen LogP contribution is -2.03. The van der Waals surface area contributed by atoms with Crippen LogP contribution in [0.3, 0.4) is 0 Å². The van der Waals surface area contributed by atoms with E-state index in [1.165, 1.54) is 18.0 Å². The number of halogens is 2. The monoisotopic (exact) mass is 319 g/mol. The predicted molar refractivity (Wildman–Crippen MR) is 85.0 cm³/mol. The van der Waals surface area contributed by atoms with E-state index < -0.39 is 0 Å². The van der Waals surface area contributed by atoms with Gasteiger partial charge in [-0.2, -0.15) is 5.10 Å². The molecule has 0 radical (unpaired) electrons. The minimum absolute atomic E-state index is 0.386. The molecule has 7 heteroatoms. The van der Waals surface area contributed by atoms with E-state index in [0.717, 1.165) is 12.0 Å². The molecule has 0 saturated heterocycles. The molecule has 0 aliphatic heterocycles. The molecule has 0 heterocycles. The van der Waals surface area contributed by atoms with Gasteiger partial charge in [-0.05, 0) is 30.4 Å². The Bertz CT molecular complexity index is 469. The summed E-state index contributed by atoms with van der Waals surface area (Å²) in [5, 5.41) is 8.91. The highest BCUT2D eigenvalue weighted by molar-refractivity contribution is 8.13. The molecule has 1 aromatic rings. The SMILES string of the molecule is CCCOc1c(Cl)cc(/C=N\N=C(/N)SC)cc1Cl. The first kappa shape index (κ1) is 16.1. The van der Waals surface area contributed by atoms with Crippen LogP contribution in [0.5, 0.6) is 5.75 Å². The van der Waals surface area contributed by atoms with Crippen LogP contribution in [-0.2, 0) is 0 Å². The van der Waals surface area contributed by atoms with E-state index in [-0.39, 0.29) is 0 Å². The normalized spacial score (nSPS) is 12.1. The molecule has 4 nitrogen and oxygen atoms in total. The van der Waals surface area contributed by atoms with Crippen LogP contribution in [0.4, 0.5) is 0 Å². The van der Waals surface area contributed by atoms with Crippen LogP contribution in [-0.4, -0.2) is 24.2 Å². The van der Waals surface area contributed by atoms with Gasteiger partial charge in [-0.25, -0.2) is 0 Å². The largest absolute Gasteiger partial charge is 0.490 e. The zero-order valence-electron chi connectivity index (χ0n) is 10.7. The molecule has 0 saturated carbocycles. The van der Waals surface area contributed by atoms with Crippen LogP contribution >= 0.6 is 35.0 Å². The summed E-state index contributed by atoms with van der Waals surface area (Å²) in [5.74, 6) is 0.495. The van der Waals surface area contributed by atoms with Gasteiger partial charge in [0.15, 0.2) is 10.9 Å². The highest BCUT2D eigenvalue weighted by atomic mass is 35.5. The third-order valence-electron chi connectivity index (χ3n) is 2.04. The smallest absolute Gasteiger partial charge is 0.180 e. The van der Waals surface area contributed by atoms with Gasteiger partial charge in [0.1, 0.15) is 0 Å². The number of rotatable bonds is 5. The number of nitrogens with two attached hydrogens (primary N) is 1. The van der Waals surface area contributed by atoms with Crippen molar-refractivity contribution in [3.63, 3.8) is 0 Å². The predicted octanol–water partition coefficient (Wildman–Crippen LogP) is 3.79. The van der Waals surface area contributed by atoms with E-state index in [9.17, 15) is 0 Å². The second-order valence-electron chi connectivity index (χ2n) is 3.55. The topological polar surface area (TPSA) is 60.0 Å². The van der Waals surface area contributed by atoms with Crippen molar-refractivity contribution < 1.29 is 4.74 Å². The summed E-state index contributed by atoms with van der Waals surface area (Å²) in [5.41, 5.74) is 6.24. The first-order chi connectivity index (χ1) is 9.08. The Morgan fingerprint density at radius 2 is 2.05 bits per heavy atom. The number of benzene rings is 1. The highest BCUT2D eigenvalue weighted by Gasteiger charge is 2.08. The number of hydrogen-bond acceptors (Lipinski definition) is 4. The van der Waals surface area contributed by atoms with Crippen molar-refractivity contribution in [3.8, 4) is 5.75 Å². The van der Waals surface area contributed by atoms with Crippen molar-refractivity contribution in [2.45, 2.75) is 13.3 Å². The van der Waals surface area contributed by atoms with E-state index in [0.29, 0.717) is 27.6 Å². The molecule has 0 amide bonds. The van der Waals surface area contributed by atoms with Gasteiger partial charge in [-0.1, -0.05) is 41.9 Å². The Kier molecular flexibility index (Phi) is 7.05. The van der Waals surface area contributed by atoms with Crippen LogP contribution < -0.4 is 10.5 Å². The van der Waals surface area contributed by atoms with E-state index >= 15 is 0 Å². The minimum atomic E-state index is 0.386. The average molecular weight is 320 g/mol. The summed E-state index contributed by atoms with van der Waals surface area (Å²) >= 11 is 13.5. The molecule has 0 aliphatic carbocycles. The highest BCUT2D eigenvalue weighted by Crippen LogP contribution is 2.33. The molecular formula is C12H15Cl2N3OS. The lowest BCUT2D eigenvalue weighted by Gasteiger charge is -2.09. The Morgan fingerprint density at radius 3 is 2.58 bits per heavy atom. The second-order valence-corrected chi connectivity index (χ2v) is 5.19. The van der Waals surface area contributed by atoms with Gasteiger partial charge in [-0.15, -0.1) is 5.10 Å². The summed E-state index contributed by atoms with van der Waals surface area (Å²) < 4.78 is 5.47. The zero-order chi connectivity index (χ0) is 14.3. The number of nitrogens with zero attached hydrogens (tertiary/aromatic N) is 2. The molecule has 0 spiro atoms. The van der Waals surface area contributed by atoms with Crippen molar-refractivity contribution in [3.05, 3.63) is 27.7 Å². The zero-order valence-corrected chi connectivity index (χ0v) is 13.0. The fraction of sp³-hybridized carbons (Fsp3) is 0.333. The first-order valence-corrected chi connectivity index (χ1v) is 7.58. The number of thioether (sulfide) groups is 1. The quantitative estimate of drug-likeness (QED) is 0.510. The van der Waals surface area contributed by atoms with Crippen LogP contribution in [0.25, 0.3) is 0 Å². The fourth-order valence-electron chi connectivity index (χ4n) is 1.19. The van der Waals surface area contributed by atoms with Gasteiger partial charge in [0, 0.05) is 0 Å². The second kappa shape index (κ2) is 8.30. The van der Waals surface area contributed by atoms with Crippen LogP contribution in [0.15, 0.2) is 22.3 Å². The van der Waals surface area contributed by atoms with Gasteiger partial charge in [0.25, 0.3) is 0 Å². The molecule has 0 aliphatic rings. The molecule has 1 rings (SSSR count). The van der Waals surface area contributed by atoms with Gasteiger partial charge in [0.05, 0.1) is 22.9 Å². The molecule has 0 aromatic heterocycles. The molecule has 0 bridgehead atoms. The lowest BCUT2D eigenvalue weighted by atomic mass is 10.2. The minimum Gasteiger partial charge on any atom is -0.490 e. The summed E-state index contributed by atoms with van der Waals surface area (Å²) in [6.07, 6.45) is 4.24. The van der Waals surface area contributed by atoms with E-state index in [2.05, 4.69) is 10.2 Å². The number of ether oxygens (including phenoxy) is 1. The third kappa shape index (κ3) is 5.30. The third-order valence-corrected chi connectivity index (χ3v) is 3.10. The Morgan fingerprint density at radius 1 is 1.42 bits per heavy atom. The molecule has 0 atom stereocenters. The Balaban J connectivity index is 2.88. The summed E-state index contributed by atoms with van der Waals surface area (Å²) in [6.45, 7) is 2.58. The fourth-order valence-corrected chi connectivity index (χ4v) is 1.93. The molecule has 19 heavy (non-hydrogen) atoms. The standard InChI is InChI=1S/C12H15Cl2N3OS/c1-3-4-18-11-9(13)5-8(6-10(11)14)7-16-17-12(15)19-2/h5-7H,3-4H2,1-2H3,(H2,15,17)/b16-7-.